The summed E-state index contributed by atoms with van der Waals surface area (Å²) in [5.41, 5.74) is -3.80. The summed E-state index contributed by atoms with van der Waals surface area (Å²) in [6.45, 7) is 0. The van der Waals surface area contributed by atoms with Crippen LogP contribution in [-0.2, 0) is 21.9 Å². The third-order valence-electron chi connectivity index (χ3n) is 3.78. The highest BCUT2D eigenvalue weighted by Gasteiger charge is 2.42. The number of anilines is 1. The van der Waals surface area contributed by atoms with Gasteiger partial charge in [0.25, 0.3) is 0 Å². The molecule has 2 N–H and O–H groups in total. The van der Waals surface area contributed by atoms with E-state index >= 15 is 0 Å². The number of hydrogen-bond acceptors (Lipinski definition) is 2. The van der Waals surface area contributed by atoms with Crippen LogP contribution in [0, 0.1) is 11.8 Å². The molecule has 1 fully saturated rings. The molecule has 10 heteroatoms. The predicted octanol–water partition coefficient (Wildman–Crippen LogP) is 3.77. The van der Waals surface area contributed by atoms with Gasteiger partial charge < -0.3 is 10.4 Å². The summed E-state index contributed by atoms with van der Waals surface area (Å²) in [5.74, 6) is -4.12. The van der Waals surface area contributed by atoms with E-state index in [9.17, 15) is 35.9 Å². The van der Waals surface area contributed by atoms with Crippen molar-refractivity contribution >= 4 is 17.6 Å². The zero-order valence-electron chi connectivity index (χ0n) is 11.8. The molecule has 2 rings (SSSR count). The maximum absolute atomic E-state index is 12.7. The van der Waals surface area contributed by atoms with Crippen LogP contribution in [0.3, 0.4) is 0 Å². The lowest BCUT2D eigenvalue weighted by atomic mass is 9.73. The molecule has 1 saturated carbocycles. The molecule has 1 amide bonds. The van der Waals surface area contributed by atoms with E-state index in [1.165, 1.54) is 0 Å². The molecule has 0 spiro atoms. The average molecular weight is 355 g/mol. The molecule has 24 heavy (non-hydrogen) atoms. The molecule has 1 aliphatic rings. The maximum atomic E-state index is 12.7. The number of alkyl halides is 6. The van der Waals surface area contributed by atoms with Crippen molar-refractivity contribution in [3.63, 3.8) is 0 Å². The van der Waals surface area contributed by atoms with Crippen LogP contribution < -0.4 is 5.32 Å². The van der Waals surface area contributed by atoms with E-state index in [0.29, 0.717) is 12.1 Å². The molecule has 1 aliphatic carbocycles. The molecular weight excluding hydrogens is 344 g/mol. The lowest BCUT2D eigenvalue weighted by Crippen LogP contribution is -2.41. The lowest BCUT2D eigenvalue weighted by Gasteiger charge is -2.32. The fourth-order valence-corrected chi connectivity index (χ4v) is 2.37. The van der Waals surface area contributed by atoms with Gasteiger partial charge in [-0.2, -0.15) is 26.3 Å². The van der Waals surface area contributed by atoms with Gasteiger partial charge in [0, 0.05) is 5.69 Å². The number of rotatable bonds is 3. The second-order valence-electron chi connectivity index (χ2n) is 5.41. The zero-order chi connectivity index (χ0) is 18.3. The average Bonchev–Trinajstić information content (AvgIpc) is 2.33. The number of aliphatic carboxylic acids is 1. The van der Waals surface area contributed by atoms with E-state index in [1.54, 1.807) is 0 Å². The van der Waals surface area contributed by atoms with Crippen molar-refractivity contribution in [2.75, 3.05) is 5.32 Å². The molecular formula is C14H11F6NO3. The van der Waals surface area contributed by atoms with Crippen LogP contribution in [0.4, 0.5) is 32.0 Å². The third-order valence-corrected chi connectivity index (χ3v) is 3.78. The van der Waals surface area contributed by atoms with Crippen molar-refractivity contribution in [2.24, 2.45) is 11.8 Å². The van der Waals surface area contributed by atoms with E-state index in [-0.39, 0.29) is 18.9 Å². The van der Waals surface area contributed by atoms with Crippen LogP contribution in [-0.4, -0.2) is 17.0 Å². The first-order valence-corrected chi connectivity index (χ1v) is 6.72. The summed E-state index contributed by atoms with van der Waals surface area (Å²) in [5, 5.41) is 10.8. The van der Waals surface area contributed by atoms with Gasteiger partial charge in [0.05, 0.1) is 23.0 Å². The van der Waals surface area contributed by atoms with E-state index in [2.05, 4.69) is 0 Å². The maximum Gasteiger partial charge on any atom is 0.416 e. The first kappa shape index (κ1) is 18.1. The van der Waals surface area contributed by atoms with Gasteiger partial charge in [-0.25, -0.2) is 0 Å². The summed E-state index contributed by atoms with van der Waals surface area (Å²) in [6.07, 6.45) is -9.63. The number of nitrogens with one attached hydrogen (secondary N) is 1. The summed E-state index contributed by atoms with van der Waals surface area (Å²) >= 11 is 0. The molecule has 132 valence electrons. The highest BCUT2D eigenvalue weighted by atomic mass is 19.4. The minimum Gasteiger partial charge on any atom is -0.481 e. The van der Waals surface area contributed by atoms with E-state index in [4.69, 9.17) is 5.11 Å². The Hall–Kier alpha value is -2.26. The minimum atomic E-state index is -5.03. The number of carboxylic acids is 1. The number of amides is 1. The Bertz CT molecular complexity index is 635. The zero-order valence-corrected chi connectivity index (χ0v) is 11.8. The van der Waals surface area contributed by atoms with Gasteiger partial charge >= 0.3 is 18.3 Å². The Balaban J connectivity index is 2.29. The van der Waals surface area contributed by atoms with Gasteiger partial charge in [0.1, 0.15) is 0 Å². The van der Waals surface area contributed by atoms with Crippen LogP contribution in [0.25, 0.3) is 0 Å². The Morgan fingerprint density at radius 1 is 0.917 bits per heavy atom. The van der Waals surface area contributed by atoms with E-state index in [1.807, 2.05) is 5.32 Å². The van der Waals surface area contributed by atoms with Gasteiger partial charge in [0.2, 0.25) is 5.91 Å². The highest BCUT2D eigenvalue weighted by molar-refractivity contribution is 5.96. The molecule has 0 radical (unpaired) electrons. The standard InChI is InChI=1S/C14H11F6NO3/c15-13(16,17)6-3-7(14(18,19)20)5-8(4-6)21-11(22)9-1-2-10(9)12(23)24/h3-5,9-10H,1-2H2,(H,21,22)(H,23,24). The molecule has 1 aromatic carbocycles. The van der Waals surface area contributed by atoms with Crippen molar-refractivity contribution in [1.82, 2.24) is 0 Å². The summed E-state index contributed by atoms with van der Waals surface area (Å²) in [4.78, 5) is 22.7. The quantitative estimate of drug-likeness (QED) is 0.811. The Morgan fingerprint density at radius 2 is 1.38 bits per heavy atom. The van der Waals surface area contributed by atoms with Crippen LogP contribution in [0.1, 0.15) is 24.0 Å². The van der Waals surface area contributed by atoms with Gasteiger partial charge in [0.15, 0.2) is 0 Å². The molecule has 4 nitrogen and oxygen atoms in total. The molecule has 1 aromatic rings. The van der Waals surface area contributed by atoms with Gasteiger partial charge in [-0.1, -0.05) is 0 Å². The third kappa shape index (κ3) is 3.80. The first-order valence-electron chi connectivity index (χ1n) is 6.72. The lowest BCUT2D eigenvalue weighted by molar-refractivity contribution is -0.151. The first-order chi connectivity index (χ1) is 10.9. The molecule has 2 atom stereocenters. The number of halogens is 6. The van der Waals surface area contributed by atoms with Crippen molar-refractivity contribution < 1.29 is 41.0 Å². The predicted molar refractivity (Wildman–Crippen MR) is 68.9 cm³/mol. The smallest absolute Gasteiger partial charge is 0.416 e. The SMILES string of the molecule is O=C(O)C1CCC1C(=O)Nc1cc(C(F)(F)F)cc(C(F)(F)F)c1. The number of hydrogen-bond donors (Lipinski definition) is 2. The normalized spacial score (nSPS) is 21.1. The summed E-state index contributed by atoms with van der Waals surface area (Å²) in [7, 11) is 0. The Kier molecular flexibility index (Phi) is 4.51. The van der Waals surface area contributed by atoms with Crippen molar-refractivity contribution in [3.8, 4) is 0 Å². The summed E-state index contributed by atoms with van der Waals surface area (Å²) in [6, 6.07) is 0.697. The van der Waals surface area contributed by atoms with Crippen molar-refractivity contribution in [2.45, 2.75) is 25.2 Å². The fourth-order valence-electron chi connectivity index (χ4n) is 2.37. The van der Waals surface area contributed by atoms with Crippen LogP contribution >= 0.6 is 0 Å². The minimum absolute atomic E-state index is 0.0565. The number of benzene rings is 1. The van der Waals surface area contributed by atoms with E-state index < -0.39 is 52.9 Å². The number of carboxylic acid groups (broad SMARTS) is 1. The monoisotopic (exact) mass is 355 g/mol. The van der Waals surface area contributed by atoms with Crippen LogP contribution in [0.15, 0.2) is 18.2 Å². The largest absolute Gasteiger partial charge is 0.481 e. The Morgan fingerprint density at radius 3 is 1.71 bits per heavy atom. The molecule has 0 bridgehead atoms. The van der Waals surface area contributed by atoms with Gasteiger partial charge in [-0.3, -0.25) is 9.59 Å². The van der Waals surface area contributed by atoms with Crippen molar-refractivity contribution in [3.05, 3.63) is 29.3 Å². The van der Waals surface area contributed by atoms with Crippen LogP contribution in [0.2, 0.25) is 0 Å². The molecule has 0 saturated heterocycles. The second-order valence-corrected chi connectivity index (χ2v) is 5.41. The topological polar surface area (TPSA) is 66.4 Å². The number of carbonyl (C=O) groups excluding carboxylic acids is 1. The van der Waals surface area contributed by atoms with Crippen molar-refractivity contribution in [1.29, 1.82) is 0 Å². The highest BCUT2D eigenvalue weighted by Crippen LogP contribution is 2.39. The van der Waals surface area contributed by atoms with Gasteiger partial charge in [-0.05, 0) is 31.0 Å². The summed E-state index contributed by atoms with van der Waals surface area (Å²) < 4.78 is 76.3. The fraction of sp³-hybridized carbons (Fsp3) is 0.429. The number of carbonyl (C=O) groups is 2. The second kappa shape index (κ2) is 5.99. The van der Waals surface area contributed by atoms with Crippen LogP contribution in [0.5, 0.6) is 0 Å². The Labute approximate surface area is 131 Å². The van der Waals surface area contributed by atoms with E-state index in [0.717, 1.165) is 0 Å². The molecule has 0 heterocycles. The molecule has 0 aliphatic heterocycles. The van der Waals surface area contributed by atoms with Gasteiger partial charge in [-0.15, -0.1) is 0 Å². The molecule has 2 unspecified atom stereocenters. The molecule has 0 aromatic heterocycles.